The smallest absolute Gasteiger partial charge is 0.293 e. The largest absolute Gasteiger partial charge is 0.392 e. The number of carbonyl (C=O) groups is 5. The van der Waals surface area contributed by atoms with Gasteiger partial charge in [-0.15, -0.1) is 0 Å². The number of benzene rings is 2. The average molecular weight is 1000 g/mol. The second-order valence-electron chi connectivity index (χ2n) is 21.4. The van der Waals surface area contributed by atoms with Crippen LogP contribution in [0.3, 0.4) is 0 Å². The minimum Gasteiger partial charge on any atom is -0.392 e. The van der Waals surface area contributed by atoms with E-state index in [4.69, 9.17) is 4.98 Å². The number of aryl methyl sites for hydroxylation is 1. The minimum absolute atomic E-state index is 0.0287. The molecule has 11 rings (SSSR count). The van der Waals surface area contributed by atoms with Crippen LogP contribution in [0.5, 0.6) is 0 Å². The molecule has 19 heteroatoms. The second kappa shape index (κ2) is 19.0. The summed E-state index contributed by atoms with van der Waals surface area (Å²) in [4.78, 5) is 98.2. The number of nitrogens with zero attached hydrogens (tertiary/aromatic N) is 9. The fourth-order valence-corrected chi connectivity index (χ4v) is 12.2. The van der Waals surface area contributed by atoms with Crippen molar-refractivity contribution in [2.75, 3.05) is 64.6 Å². The van der Waals surface area contributed by atoms with E-state index in [9.17, 15) is 33.9 Å². The number of amides is 5. The van der Waals surface area contributed by atoms with Gasteiger partial charge in [-0.1, -0.05) is 20.4 Å². The molecule has 384 valence electrons. The van der Waals surface area contributed by atoms with Gasteiger partial charge in [-0.3, -0.25) is 43.9 Å². The van der Waals surface area contributed by atoms with E-state index in [2.05, 4.69) is 73.6 Å². The number of hydrogen-bond donors (Lipinski definition) is 4. The highest BCUT2D eigenvalue weighted by Gasteiger charge is 2.41. The molecule has 3 aromatic heterocycles. The quantitative estimate of drug-likeness (QED) is 0.104. The molecule has 6 aliphatic rings. The third-order valence-corrected chi connectivity index (χ3v) is 15.9. The van der Waals surface area contributed by atoms with Crippen molar-refractivity contribution in [2.24, 2.45) is 12.5 Å². The molecule has 3 saturated heterocycles. The number of aliphatic hydroxyl groups is 1. The number of carbonyl (C=O) groups excluding carboxylic acids is 5. The van der Waals surface area contributed by atoms with Crippen LogP contribution in [0.15, 0.2) is 78.4 Å². The predicted molar refractivity (Wildman–Crippen MR) is 281 cm³/mol. The minimum atomic E-state index is -0.644. The Kier molecular flexibility index (Phi) is 12.5. The van der Waals surface area contributed by atoms with Crippen LogP contribution < -0.4 is 36.2 Å². The molecule has 0 bridgehead atoms. The van der Waals surface area contributed by atoms with Gasteiger partial charge in [-0.05, 0) is 110 Å². The Labute approximate surface area is 428 Å². The van der Waals surface area contributed by atoms with Crippen molar-refractivity contribution >= 4 is 63.9 Å². The van der Waals surface area contributed by atoms with Crippen LogP contribution in [0.4, 0.5) is 34.4 Å². The first kappa shape index (κ1) is 48.6. The Morgan fingerprint density at radius 2 is 1.72 bits per heavy atom. The Hall–Kier alpha value is -7.64. The monoisotopic (exact) mass is 1000 g/mol. The molecule has 2 atom stereocenters. The third-order valence-electron chi connectivity index (χ3n) is 15.9. The Morgan fingerprint density at radius 3 is 2.47 bits per heavy atom. The van der Waals surface area contributed by atoms with Gasteiger partial charge in [0.15, 0.2) is 5.82 Å². The molecule has 5 amide bonds. The standard InChI is InChI=1S/C55H62N12O7/c1-6-47(69)58-41-25-35(57-49-54(74)61(5)30-42(59-49)39-13-16-56-50(40(39)31-68)66-22-21-65-45(53(66)73)24-33-26-55(3,4)27-46(33)65)7-10-43(41)64-20-19-63(28-32(64)2)36-14-17-62(18-15-36)37-8-9-38-34(23-37)29-67(52(38)72)44-11-12-48(70)60-51(44)71/h6-10,13,16,23-25,30,32,36,44,68H,1,11-12,14-15,17-22,26-29,31H2,2-5H3,(H,57,59)(H,58,69)(H,60,70,71)/t32-,44?/m0/s1. The van der Waals surface area contributed by atoms with E-state index in [1.54, 1.807) is 41.4 Å². The van der Waals surface area contributed by atoms with E-state index >= 15 is 0 Å². The van der Waals surface area contributed by atoms with Gasteiger partial charge in [0, 0.05) is 124 Å². The van der Waals surface area contributed by atoms with Crippen LogP contribution in [0.2, 0.25) is 0 Å². The number of nitrogens with one attached hydrogen (secondary N) is 3. The van der Waals surface area contributed by atoms with Crippen LogP contribution >= 0.6 is 0 Å². The highest BCUT2D eigenvalue weighted by Crippen LogP contribution is 2.41. The van der Waals surface area contributed by atoms with Crippen LogP contribution in [-0.2, 0) is 54.0 Å². The van der Waals surface area contributed by atoms with Crippen molar-refractivity contribution in [3.63, 3.8) is 0 Å². The van der Waals surface area contributed by atoms with Gasteiger partial charge in [0.25, 0.3) is 17.4 Å². The van der Waals surface area contributed by atoms with Crippen molar-refractivity contribution < 1.29 is 29.1 Å². The molecule has 0 radical (unpaired) electrons. The van der Waals surface area contributed by atoms with Gasteiger partial charge in [-0.25, -0.2) is 9.97 Å². The molecule has 4 N–H and O–H groups in total. The van der Waals surface area contributed by atoms with Gasteiger partial charge in [0.05, 0.1) is 23.7 Å². The zero-order chi connectivity index (χ0) is 51.7. The summed E-state index contributed by atoms with van der Waals surface area (Å²) in [5.41, 5.74) is 8.62. The first-order valence-electron chi connectivity index (χ1n) is 25.7. The molecule has 0 spiro atoms. The molecule has 1 aliphatic carbocycles. The fourth-order valence-electron chi connectivity index (χ4n) is 12.2. The summed E-state index contributed by atoms with van der Waals surface area (Å²) in [5, 5.41) is 19.5. The van der Waals surface area contributed by atoms with Crippen molar-refractivity contribution in [1.29, 1.82) is 0 Å². The maximum atomic E-state index is 14.1. The number of piperazine rings is 1. The van der Waals surface area contributed by atoms with Gasteiger partial charge in [-0.2, -0.15) is 0 Å². The molecule has 0 saturated carbocycles. The summed E-state index contributed by atoms with van der Waals surface area (Å²) < 4.78 is 3.56. The molecular weight excluding hydrogens is 941 g/mol. The van der Waals surface area contributed by atoms with E-state index in [1.165, 1.54) is 21.9 Å². The number of fused-ring (bicyclic) bond motifs is 4. The zero-order valence-corrected chi connectivity index (χ0v) is 42.3. The predicted octanol–water partition coefficient (Wildman–Crippen LogP) is 4.73. The van der Waals surface area contributed by atoms with E-state index in [0.29, 0.717) is 77.4 Å². The normalized spacial score (nSPS) is 20.9. The van der Waals surface area contributed by atoms with Crippen LogP contribution in [-0.4, -0.2) is 121 Å². The lowest BCUT2D eigenvalue weighted by molar-refractivity contribution is -0.137. The lowest BCUT2D eigenvalue weighted by Gasteiger charge is -2.47. The Bertz CT molecular complexity index is 3230. The zero-order valence-electron chi connectivity index (χ0n) is 42.3. The van der Waals surface area contributed by atoms with Crippen molar-refractivity contribution in [3.8, 4) is 11.3 Å². The van der Waals surface area contributed by atoms with Crippen molar-refractivity contribution in [3.05, 3.63) is 118 Å². The highest BCUT2D eigenvalue weighted by atomic mass is 16.3. The molecule has 5 aromatic rings. The Balaban J connectivity index is 0.764. The molecule has 74 heavy (non-hydrogen) atoms. The summed E-state index contributed by atoms with van der Waals surface area (Å²) in [6.07, 6.45) is 8.74. The van der Waals surface area contributed by atoms with Crippen LogP contribution in [0, 0.1) is 5.41 Å². The first-order chi connectivity index (χ1) is 35.6. The van der Waals surface area contributed by atoms with E-state index in [-0.39, 0.29) is 47.3 Å². The SMILES string of the molecule is C=CC(=O)Nc1cc(Nc2nc(-c3ccnc(N4CCn5c(cc6c5CC(C)(C)C6)C4=O)c3CO)cn(C)c2=O)ccc1N1CCN(C2CCN(c3ccc4c(c3)CN(C3CCC(=O)NC3=O)C4=O)CC2)C[C@@H]1C. The molecule has 19 nitrogen and oxygen atoms in total. The summed E-state index contributed by atoms with van der Waals surface area (Å²) in [7, 11) is 1.63. The lowest BCUT2D eigenvalue weighted by Crippen LogP contribution is -2.57. The number of piperidine rings is 2. The van der Waals surface area contributed by atoms with Crippen molar-refractivity contribution in [1.82, 2.24) is 34.2 Å². The number of imide groups is 1. The number of aromatic nitrogens is 4. The summed E-state index contributed by atoms with van der Waals surface area (Å²) in [6, 6.07) is 15.1. The van der Waals surface area contributed by atoms with Gasteiger partial charge < -0.3 is 39.6 Å². The van der Waals surface area contributed by atoms with Gasteiger partial charge in [0.2, 0.25) is 17.7 Å². The lowest BCUT2D eigenvalue weighted by atomic mass is 9.90. The third kappa shape index (κ3) is 8.80. The summed E-state index contributed by atoms with van der Waals surface area (Å²) in [6.45, 7) is 15.4. The molecule has 8 heterocycles. The maximum Gasteiger partial charge on any atom is 0.293 e. The maximum absolute atomic E-state index is 14.1. The number of rotatable bonds is 11. The van der Waals surface area contributed by atoms with Crippen LogP contribution in [0.25, 0.3) is 11.3 Å². The summed E-state index contributed by atoms with van der Waals surface area (Å²) in [5.74, 6) is -1.06. The molecule has 5 aliphatic heterocycles. The second-order valence-corrected chi connectivity index (χ2v) is 21.4. The fraction of sp³-hybridized carbons (Fsp3) is 0.418. The number of pyridine rings is 1. The van der Waals surface area contributed by atoms with E-state index in [0.717, 1.165) is 75.3 Å². The number of hydrogen-bond acceptors (Lipinski definition) is 13. The highest BCUT2D eigenvalue weighted by molar-refractivity contribution is 6.07. The number of aliphatic hydroxyl groups excluding tert-OH is 1. The number of anilines is 6. The first-order valence-corrected chi connectivity index (χ1v) is 25.7. The van der Waals surface area contributed by atoms with E-state index < -0.39 is 24.1 Å². The Morgan fingerprint density at radius 1 is 0.905 bits per heavy atom. The molecule has 3 fully saturated rings. The molecule has 1 unspecified atom stereocenters. The summed E-state index contributed by atoms with van der Waals surface area (Å²) >= 11 is 0. The van der Waals surface area contributed by atoms with Crippen molar-refractivity contribution in [2.45, 2.75) is 97.1 Å². The van der Waals surface area contributed by atoms with Gasteiger partial charge >= 0.3 is 0 Å². The topological polar surface area (TPSA) is 211 Å². The average Bonchev–Trinajstić information content (AvgIpc) is 4.01. The molecule has 2 aromatic carbocycles. The van der Waals surface area contributed by atoms with E-state index in [1.807, 2.05) is 30.3 Å². The molecular formula is C55H62N12O7. The van der Waals surface area contributed by atoms with Crippen LogP contribution in [0.1, 0.15) is 89.7 Å². The van der Waals surface area contributed by atoms with Gasteiger partial charge in [0.1, 0.15) is 17.6 Å².